The lowest BCUT2D eigenvalue weighted by molar-refractivity contribution is 0.383. The summed E-state index contributed by atoms with van der Waals surface area (Å²) in [6, 6.07) is 14.3. The van der Waals surface area contributed by atoms with Crippen LogP contribution in [0.1, 0.15) is 0 Å². The van der Waals surface area contributed by atoms with E-state index in [1.165, 1.54) is 10.8 Å². The van der Waals surface area contributed by atoms with E-state index in [0.29, 0.717) is 0 Å². The predicted molar refractivity (Wildman–Crippen MR) is 65.9 cm³/mol. The van der Waals surface area contributed by atoms with E-state index in [4.69, 9.17) is 27.6 Å². The lowest BCUT2D eigenvalue weighted by Gasteiger charge is -2.06. The Hall–Kier alpha value is -0.543. The van der Waals surface area contributed by atoms with Crippen molar-refractivity contribution in [2.45, 2.75) is 5.02 Å². The zero-order valence-corrected chi connectivity index (χ0v) is 10.3. The average Bonchev–Trinajstić information content (AvgIpc) is 2.26. The monoisotopic (exact) mass is 254 g/mol. The fraction of sp³-hybridized carbons (Fsp3) is 0.0909. The van der Waals surface area contributed by atoms with Crippen LogP contribution >= 0.6 is 23.2 Å². The number of alkyl halides is 2. The minimum absolute atomic E-state index is 0.175. The van der Waals surface area contributed by atoms with Crippen molar-refractivity contribution in [2.75, 3.05) is 0 Å². The van der Waals surface area contributed by atoms with Gasteiger partial charge in [-0.15, -0.1) is 0 Å². The molecule has 0 heterocycles. The van der Waals surface area contributed by atoms with Crippen molar-refractivity contribution >= 4 is 48.9 Å². The molecule has 0 aliphatic carbocycles. The van der Waals surface area contributed by atoms with Gasteiger partial charge in [0.05, 0.1) is 0 Å². The number of benzene rings is 2. The van der Waals surface area contributed by atoms with Gasteiger partial charge in [-0.1, -0.05) is 65.7 Å². The van der Waals surface area contributed by atoms with E-state index in [-0.39, 0.29) is 9.76 Å². The molecule has 0 unspecified atom stereocenters. The first-order chi connectivity index (χ1) is 7.27. The highest BCUT2D eigenvalue weighted by atomic mass is 35.5. The van der Waals surface area contributed by atoms with Crippen LogP contribution in [0.2, 0.25) is 0 Å². The number of halogens is 2. The van der Waals surface area contributed by atoms with Crippen LogP contribution in [0.3, 0.4) is 0 Å². The van der Waals surface area contributed by atoms with Crippen LogP contribution in [0.25, 0.3) is 10.8 Å². The second kappa shape index (κ2) is 4.99. The Balaban J connectivity index is 2.34. The van der Waals surface area contributed by atoms with Crippen LogP contribution in [-0.4, -0.2) is 14.8 Å². The Kier molecular flexibility index (Phi) is 3.65. The zero-order valence-electron chi connectivity index (χ0n) is 7.78. The molecule has 0 aromatic heterocycles. The molecule has 0 N–H and O–H groups in total. The maximum Gasteiger partial charge on any atom is 0.273 e. The molecule has 2 rings (SSSR count). The van der Waals surface area contributed by atoms with Crippen molar-refractivity contribution in [2.24, 2.45) is 0 Å². The summed E-state index contributed by atoms with van der Waals surface area (Å²) in [5, 5.41) is 2.75. The summed E-state index contributed by atoms with van der Waals surface area (Å²) in [5.74, 6) is 0. The zero-order chi connectivity index (χ0) is 10.7. The molecule has 0 amide bonds. The molecule has 0 bridgehead atoms. The maximum atomic E-state index is 5.53. The molecule has 0 aliphatic rings. The first-order valence-electron chi connectivity index (χ1n) is 4.45. The summed E-state index contributed by atoms with van der Waals surface area (Å²) < 4.78 is 5.19. The highest BCUT2D eigenvalue weighted by molar-refractivity contribution is 6.54. The highest BCUT2D eigenvalue weighted by Crippen LogP contribution is 2.11. The lowest BCUT2D eigenvalue weighted by atomic mass is 10.1. The molecule has 1 nitrogen and oxygen atoms in total. The molecule has 0 atom stereocenters. The van der Waals surface area contributed by atoms with E-state index in [1.807, 2.05) is 24.3 Å². The van der Waals surface area contributed by atoms with E-state index in [9.17, 15) is 0 Å². The summed E-state index contributed by atoms with van der Waals surface area (Å²) in [6.07, 6.45) is 0. The molecule has 0 fully saturated rings. The van der Waals surface area contributed by atoms with E-state index in [2.05, 4.69) is 18.2 Å². The summed E-state index contributed by atoms with van der Waals surface area (Å²) >= 11 is 11.1. The van der Waals surface area contributed by atoms with Crippen LogP contribution in [0.15, 0.2) is 42.5 Å². The summed E-state index contributed by atoms with van der Waals surface area (Å²) in [6.45, 7) is 0. The predicted octanol–water partition coefficient (Wildman–Crippen LogP) is 2.86. The van der Waals surface area contributed by atoms with Crippen LogP contribution < -0.4 is 5.19 Å². The van der Waals surface area contributed by atoms with Crippen LogP contribution in [0, 0.1) is 0 Å². The highest BCUT2D eigenvalue weighted by Gasteiger charge is 2.05. The quantitative estimate of drug-likeness (QED) is 0.605. The summed E-state index contributed by atoms with van der Waals surface area (Å²) in [7, 11) is 0.175. The first kappa shape index (κ1) is 11.0. The number of fused-ring (bicyclic) bond motifs is 1. The Morgan fingerprint density at radius 3 is 2.53 bits per heavy atom. The molecule has 0 saturated heterocycles. The van der Waals surface area contributed by atoms with Gasteiger partial charge in [0.1, 0.15) is 0 Å². The fourth-order valence-corrected chi connectivity index (χ4v) is 2.41. The minimum atomic E-state index is -0.762. The van der Waals surface area contributed by atoms with E-state index < -0.39 is 5.02 Å². The van der Waals surface area contributed by atoms with Gasteiger partial charge in [-0.3, -0.25) is 0 Å². The fourth-order valence-electron chi connectivity index (χ4n) is 1.42. The Labute approximate surface area is 101 Å². The summed E-state index contributed by atoms with van der Waals surface area (Å²) in [5.41, 5.74) is 0. The summed E-state index contributed by atoms with van der Waals surface area (Å²) in [4.78, 5) is 0. The largest absolute Gasteiger partial charge is 0.384 e. The normalized spacial score (nSPS) is 11.1. The average molecular weight is 255 g/mol. The van der Waals surface area contributed by atoms with Gasteiger partial charge in [0, 0.05) is 0 Å². The maximum absolute atomic E-state index is 5.53. The molecule has 76 valence electrons. The number of rotatable bonds is 3. The third-order valence-corrected chi connectivity index (χ3v) is 3.53. The standard InChI is InChI=1S/C11H8Cl2OSi/c12-11(13)14-15-10-7-3-5-8-4-1-2-6-9(8)10/h1-7,11H. The van der Waals surface area contributed by atoms with Crippen LogP contribution in [0.4, 0.5) is 0 Å². The second-order valence-corrected chi connectivity index (χ2v) is 5.00. The first-order valence-corrected chi connectivity index (χ1v) is 6.23. The van der Waals surface area contributed by atoms with Crippen molar-refractivity contribution < 1.29 is 4.43 Å². The van der Waals surface area contributed by atoms with Crippen molar-refractivity contribution in [3.63, 3.8) is 0 Å². The number of hydrogen-bond acceptors (Lipinski definition) is 1. The van der Waals surface area contributed by atoms with E-state index in [1.54, 1.807) is 0 Å². The topological polar surface area (TPSA) is 9.23 Å². The van der Waals surface area contributed by atoms with Crippen molar-refractivity contribution in [1.82, 2.24) is 0 Å². The lowest BCUT2D eigenvalue weighted by Crippen LogP contribution is -2.19. The Morgan fingerprint density at radius 1 is 1.00 bits per heavy atom. The molecule has 0 aliphatic heterocycles. The van der Waals surface area contributed by atoms with Crippen molar-refractivity contribution in [3.8, 4) is 0 Å². The second-order valence-electron chi connectivity index (χ2n) is 3.01. The molecular formula is C11H8Cl2OSi. The molecule has 2 aromatic rings. The SMILES string of the molecule is ClC(Cl)O[Si]c1cccc2ccccc12. The van der Waals surface area contributed by atoms with Crippen molar-refractivity contribution in [3.05, 3.63) is 42.5 Å². The molecule has 2 aromatic carbocycles. The van der Waals surface area contributed by atoms with Gasteiger partial charge in [-0.05, 0) is 16.0 Å². The van der Waals surface area contributed by atoms with Gasteiger partial charge in [0.15, 0.2) is 5.02 Å². The van der Waals surface area contributed by atoms with Gasteiger partial charge < -0.3 is 4.43 Å². The van der Waals surface area contributed by atoms with Gasteiger partial charge in [0.2, 0.25) is 0 Å². The third kappa shape index (κ3) is 2.73. The Bertz CT molecular complexity index is 454. The molecule has 0 saturated carbocycles. The molecule has 0 spiro atoms. The van der Waals surface area contributed by atoms with Crippen LogP contribution in [0.5, 0.6) is 0 Å². The number of hydrogen-bond donors (Lipinski definition) is 0. The molecular weight excluding hydrogens is 247 g/mol. The van der Waals surface area contributed by atoms with Gasteiger partial charge >= 0.3 is 0 Å². The van der Waals surface area contributed by atoms with Gasteiger partial charge in [-0.25, -0.2) is 0 Å². The molecule has 2 radical (unpaired) electrons. The van der Waals surface area contributed by atoms with E-state index in [0.717, 1.165) is 5.19 Å². The minimum Gasteiger partial charge on any atom is -0.384 e. The smallest absolute Gasteiger partial charge is 0.273 e. The Morgan fingerprint density at radius 2 is 1.73 bits per heavy atom. The van der Waals surface area contributed by atoms with Crippen LogP contribution in [-0.2, 0) is 4.43 Å². The van der Waals surface area contributed by atoms with Crippen molar-refractivity contribution in [1.29, 1.82) is 0 Å². The third-order valence-electron chi connectivity index (χ3n) is 2.05. The van der Waals surface area contributed by atoms with E-state index >= 15 is 0 Å². The molecule has 15 heavy (non-hydrogen) atoms. The van der Waals surface area contributed by atoms with Gasteiger partial charge in [-0.2, -0.15) is 0 Å². The molecule has 4 heteroatoms. The van der Waals surface area contributed by atoms with Gasteiger partial charge in [0.25, 0.3) is 9.76 Å².